The third kappa shape index (κ3) is 3.28. The highest BCUT2D eigenvalue weighted by atomic mass is 79.9. The van der Waals surface area contributed by atoms with Crippen molar-refractivity contribution in [3.8, 4) is 0 Å². The SMILES string of the molecule is CC(C)(C(=O)Cc1ccc(Br)cc1)c1ccc(N)cc1. The molecule has 20 heavy (non-hydrogen) atoms. The maximum absolute atomic E-state index is 12.6. The molecule has 0 unspecified atom stereocenters. The third-order valence-electron chi connectivity index (χ3n) is 3.61. The summed E-state index contributed by atoms with van der Waals surface area (Å²) in [5.41, 5.74) is 7.92. The first-order valence-corrected chi connectivity index (χ1v) is 7.32. The molecule has 0 radical (unpaired) electrons. The summed E-state index contributed by atoms with van der Waals surface area (Å²) in [6.07, 6.45) is 0.435. The van der Waals surface area contributed by atoms with Crippen LogP contribution in [0.4, 0.5) is 5.69 Å². The number of ketones is 1. The lowest BCUT2D eigenvalue weighted by Crippen LogP contribution is -2.30. The van der Waals surface area contributed by atoms with Crippen molar-refractivity contribution in [3.05, 3.63) is 64.1 Å². The minimum Gasteiger partial charge on any atom is -0.399 e. The monoisotopic (exact) mass is 331 g/mol. The Morgan fingerprint density at radius 3 is 2.15 bits per heavy atom. The summed E-state index contributed by atoms with van der Waals surface area (Å²) in [4.78, 5) is 12.6. The number of nitrogens with two attached hydrogens (primary N) is 1. The second kappa shape index (κ2) is 5.80. The zero-order valence-corrected chi connectivity index (χ0v) is 13.3. The molecule has 2 aromatic carbocycles. The van der Waals surface area contributed by atoms with Gasteiger partial charge < -0.3 is 5.73 Å². The fourth-order valence-corrected chi connectivity index (χ4v) is 2.33. The summed E-state index contributed by atoms with van der Waals surface area (Å²) in [6.45, 7) is 3.92. The quantitative estimate of drug-likeness (QED) is 0.856. The molecule has 3 heteroatoms. The van der Waals surface area contributed by atoms with Crippen molar-refractivity contribution in [2.45, 2.75) is 25.7 Å². The molecule has 0 aliphatic carbocycles. The predicted octanol–water partition coefficient (Wildman–Crippen LogP) is 4.12. The van der Waals surface area contributed by atoms with Crippen LogP contribution >= 0.6 is 15.9 Å². The number of carbonyl (C=O) groups excluding carboxylic acids is 1. The Hall–Kier alpha value is -1.61. The van der Waals surface area contributed by atoms with E-state index in [2.05, 4.69) is 15.9 Å². The number of rotatable bonds is 4. The zero-order chi connectivity index (χ0) is 14.8. The van der Waals surface area contributed by atoms with Crippen molar-refractivity contribution in [2.24, 2.45) is 0 Å². The molecule has 2 N–H and O–H groups in total. The van der Waals surface area contributed by atoms with Crippen LogP contribution in [0.3, 0.4) is 0 Å². The van der Waals surface area contributed by atoms with Gasteiger partial charge in [0, 0.05) is 22.0 Å². The molecule has 0 amide bonds. The first kappa shape index (κ1) is 14.8. The van der Waals surface area contributed by atoms with Crippen LogP contribution in [0.1, 0.15) is 25.0 Å². The fraction of sp³-hybridized carbons (Fsp3) is 0.235. The van der Waals surface area contributed by atoms with Gasteiger partial charge in [-0.25, -0.2) is 0 Å². The maximum atomic E-state index is 12.6. The molecule has 0 aliphatic rings. The van der Waals surface area contributed by atoms with E-state index in [4.69, 9.17) is 5.73 Å². The summed E-state index contributed by atoms with van der Waals surface area (Å²) in [5, 5.41) is 0. The van der Waals surface area contributed by atoms with Crippen LogP contribution in [0.5, 0.6) is 0 Å². The molecule has 0 saturated heterocycles. The Morgan fingerprint density at radius 2 is 1.60 bits per heavy atom. The molecule has 104 valence electrons. The average molecular weight is 332 g/mol. The third-order valence-corrected chi connectivity index (χ3v) is 4.14. The molecule has 0 spiro atoms. The van der Waals surface area contributed by atoms with E-state index in [0.717, 1.165) is 15.6 Å². The van der Waals surface area contributed by atoms with Gasteiger partial charge in [-0.1, -0.05) is 40.2 Å². The van der Waals surface area contributed by atoms with Crippen LogP contribution in [0.15, 0.2) is 53.0 Å². The average Bonchev–Trinajstić information content (AvgIpc) is 2.42. The van der Waals surface area contributed by atoms with Crippen LogP contribution in [0.25, 0.3) is 0 Å². The van der Waals surface area contributed by atoms with Crippen molar-refractivity contribution in [2.75, 3.05) is 5.73 Å². The lowest BCUT2D eigenvalue weighted by molar-refractivity contribution is -0.122. The van der Waals surface area contributed by atoms with E-state index in [9.17, 15) is 4.79 Å². The van der Waals surface area contributed by atoms with Crippen molar-refractivity contribution >= 4 is 27.4 Å². The normalized spacial score (nSPS) is 11.3. The number of carbonyl (C=O) groups is 1. The summed E-state index contributed by atoms with van der Waals surface area (Å²) >= 11 is 3.40. The van der Waals surface area contributed by atoms with Crippen LogP contribution in [0.2, 0.25) is 0 Å². The van der Waals surface area contributed by atoms with E-state index in [-0.39, 0.29) is 5.78 Å². The Bertz CT molecular complexity index is 600. The molecular formula is C17H18BrNO. The Labute approximate surface area is 128 Å². The van der Waals surface area contributed by atoms with Gasteiger partial charge in [-0.05, 0) is 49.2 Å². The lowest BCUT2D eigenvalue weighted by atomic mass is 9.78. The van der Waals surface area contributed by atoms with Crippen molar-refractivity contribution in [1.29, 1.82) is 0 Å². The molecule has 0 aliphatic heterocycles. The highest BCUT2D eigenvalue weighted by Crippen LogP contribution is 2.26. The van der Waals surface area contributed by atoms with E-state index >= 15 is 0 Å². The predicted molar refractivity (Wildman–Crippen MR) is 86.7 cm³/mol. The van der Waals surface area contributed by atoms with Crippen molar-refractivity contribution < 1.29 is 4.79 Å². The van der Waals surface area contributed by atoms with E-state index in [0.29, 0.717) is 12.1 Å². The Kier molecular flexibility index (Phi) is 4.29. The largest absolute Gasteiger partial charge is 0.399 e. The molecule has 0 atom stereocenters. The topological polar surface area (TPSA) is 43.1 Å². The van der Waals surface area contributed by atoms with Crippen LogP contribution < -0.4 is 5.73 Å². The highest BCUT2D eigenvalue weighted by Gasteiger charge is 2.29. The summed E-state index contributed by atoms with van der Waals surface area (Å²) < 4.78 is 1.02. The number of Topliss-reactive ketones (excluding diaryl/α,β-unsaturated/α-hetero) is 1. The van der Waals surface area contributed by atoms with Crippen LogP contribution in [0, 0.1) is 0 Å². The number of halogens is 1. The van der Waals surface area contributed by atoms with Gasteiger partial charge in [0.05, 0.1) is 0 Å². The van der Waals surface area contributed by atoms with Crippen molar-refractivity contribution in [1.82, 2.24) is 0 Å². The molecule has 2 rings (SSSR count). The van der Waals surface area contributed by atoms with Crippen LogP contribution in [-0.4, -0.2) is 5.78 Å². The standard InChI is InChI=1S/C17H18BrNO/c1-17(2,13-5-9-15(19)10-6-13)16(20)11-12-3-7-14(18)8-4-12/h3-10H,11,19H2,1-2H3. The molecule has 0 saturated carbocycles. The number of hydrogen-bond acceptors (Lipinski definition) is 2. The van der Waals surface area contributed by atoms with Gasteiger partial charge in [-0.15, -0.1) is 0 Å². The van der Waals surface area contributed by atoms with Gasteiger partial charge in [0.15, 0.2) is 0 Å². The summed E-state index contributed by atoms with van der Waals surface area (Å²) in [7, 11) is 0. The van der Waals surface area contributed by atoms with Gasteiger partial charge in [0.1, 0.15) is 5.78 Å². The van der Waals surface area contributed by atoms with E-state index in [1.54, 1.807) is 0 Å². The molecular weight excluding hydrogens is 314 g/mol. The zero-order valence-electron chi connectivity index (χ0n) is 11.7. The summed E-state index contributed by atoms with van der Waals surface area (Å²) in [6, 6.07) is 15.4. The number of nitrogen functional groups attached to an aromatic ring is 1. The van der Waals surface area contributed by atoms with Gasteiger partial charge in [-0.3, -0.25) is 4.79 Å². The van der Waals surface area contributed by atoms with Gasteiger partial charge >= 0.3 is 0 Å². The minimum atomic E-state index is -0.513. The molecule has 0 fully saturated rings. The molecule has 0 bridgehead atoms. The highest BCUT2D eigenvalue weighted by molar-refractivity contribution is 9.10. The number of benzene rings is 2. The lowest BCUT2D eigenvalue weighted by Gasteiger charge is -2.24. The van der Waals surface area contributed by atoms with Gasteiger partial charge in [0.2, 0.25) is 0 Å². The van der Waals surface area contributed by atoms with E-state index in [1.165, 1.54) is 0 Å². The van der Waals surface area contributed by atoms with E-state index < -0.39 is 5.41 Å². The Morgan fingerprint density at radius 1 is 1.05 bits per heavy atom. The maximum Gasteiger partial charge on any atom is 0.147 e. The molecule has 0 heterocycles. The second-order valence-electron chi connectivity index (χ2n) is 5.47. The van der Waals surface area contributed by atoms with E-state index in [1.807, 2.05) is 62.4 Å². The van der Waals surface area contributed by atoms with Gasteiger partial charge in [0.25, 0.3) is 0 Å². The molecule has 2 nitrogen and oxygen atoms in total. The molecule has 2 aromatic rings. The number of hydrogen-bond donors (Lipinski definition) is 1. The fourth-order valence-electron chi connectivity index (χ4n) is 2.07. The second-order valence-corrected chi connectivity index (χ2v) is 6.39. The smallest absolute Gasteiger partial charge is 0.147 e. The van der Waals surface area contributed by atoms with Crippen molar-refractivity contribution in [3.63, 3.8) is 0 Å². The first-order valence-electron chi connectivity index (χ1n) is 6.53. The summed E-state index contributed by atoms with van der Waals surface area (Å²) in [5.74, 6) is 0.199. The first-order chi connectivity index (χ1) is 9.39. The Balaban J connectivity index is 2.18. The number of anilines is 1. The van der Waals surface area contributed by atoms with Gasteiger partial charge in [-0.2, -0.15) is 0 Å². The molecule has 0 aromatic heterocycles. The minimum absolute atomic E-state index is 0.199. The van der Waals surface area contributed by atoms with Crippen LogP contribution in [-0.2, 0) is 16.6 Å².